The van der Waals surface area contributed by atoms with E-state index in [4.69, 9.17) is 5.11 Å². The van der Waals surface area contributed by atoms with E-state index < -0.39 is 11.8 Å². The molecule has 0 aliphatic carbocycles. The summed E-state index contributed by atoms with van der Waals surface area (Å²) >= 11 is 0. The number of carboxylic acid groups (broad SMARTS) is 1. The number of carbonyl (C=O) groups excluding carboxylic acids is 1. The molecule has 1 aliphatic rings. The van der Waals surface area contributed by atoms with Crippen molar-refractivity contribution in [2.75, 3.05) is 18.4 Å². The summed E-state index contributed by atoms with van der Waals surface area (Å²) in [6, 6.07) is 3.69. The molecule has 0 aromatic heterocycles. The van der Waals surface area contributed by atoms with Crippen molar-refractivity contribution >= 4 is 17.6 Å². The van der Waals surface area contributed by atoms with Crippen LogP contribution in [-0.2, 0) is 4.79 Å². The van der Waals surface area contributed by atoms with Crippen LogP contribution in [0.1, 0.15) is 23.2 Å². The molecule has 2 rings (SSSR count). The van der Waals surface area contributed by atoms with Crippen LogP contribution in [0.2, 0.25) is 0 Å². The highest BCUT2D eigenvalue weighted by molar-refractivity contribution is 6.01. The highest BCUT2D eigenvalue weighted by Crippen LogP contribution is 2.21. The molecule has 6 heteroatoms. The van der Waals surface area contributed by atoms with Gasteiger partial charge in [0.25, 0.3) is 0 Å². The van der Waals surface area contributed by atoms with E-state index in [0.29, 0.717) is 6.54 Å². The summed E-state index contributed by atoms with van der Waals surface area (Å²) < 4.78 is 13.6. The van der Waals surface area contributed by atoms with Gasteiger partial charge in [-0.05, 0) is 31.5 Å². The first-order valence-electron chi connectivity index (χ1n) is 6.13. The molecule has 1 heterocycles. The van der Waals surface area contributed by atoms with Crippen molar-refractivity contribution in [2.45, 2.75) is 12.8 Å². The molecular weight excluding hydrogens is 251 g/mol. The third kappa shape index (κ3) is 3.08. The summed E-state index contributed by atoms with van der Waals surface area (Å²) in [7, 11) is 0. The molecule has 1 saturated heterocycles. The van der Waals surface area contributed by atoms with Gasteiger partial charge in [-0.3, -0.25) is 4.79 Å². The van der Waals surface area contributed by atoms with E-state index >= 15 is 0 Å². The Bertz CT molecular complexity index is 499. The lowest BCUT2D eigenvalue weighted by Crippen LogP contribution is -2.37. The molecular formula is C13H15FN2O3. The average molecular weight is 266 g/mol. The van der Waals surface area contributed by atoms with Crippen molar-refractivity contribution in [2.24, 2.45) is 5.92 Å². The molecule has 0 saturated carbocycles. The van der Waals surface area contributed by atoms with Crippen LogP contribution < -0.4 is 10.6 Å². The minimum Gasteiger partial charge on any atom is -0.478 e. The molecule has 1 atom stereocenters. The number of anilines is 1. The molecule has 102 valence electrons. The van der Waals surface area contributed by atoms with Gasteiger partial charge >= 0.3 is 5.97 Å². The lowest BCUT2D eigenvalue weighted by Gasteiger charge is -2.22. The van der Waals surface area contributed by atoms with Crippen molar-refractivity contribution in [1.82, 2.24) is 5.32 Å². The van der Waals surface area contributed by atoms with Crippen molar-refractivity contribution in [1.29, 1.82) is 0 Å². The molecule has 19 heavy (non-hydrogen) atoms. The Labute approximate surface area is 109 Å². The second kappa shape index (κ2) is 5.79. The highest BCUT2D eigenvalue weighted by atomic mass is 19.1. The summed E-state index contributed by atoms with van der Waals surface area (Å²) in [5.41, 5.74) is -0.498. The molecule has 0 bridgehead atoms. The zero-order chi connectivity index (χ0) is 13.8. The number of rotatable bonds is 3. The van der Waals surface area contributed by atoms with E-state index in [1.807, 2.05) is 0 Å². The Morgan fingerprint density at radius 1 is 1.42 bits per heavy atom. The fourth-order valence-electron chi connectivity index (χ4n) is 2.13. The number of halogens is 1. The predicted molar refractivity (Wildman–Crippen MR) is 67.6 cm³/mol. The molecule has 3 N–H and O–H groups in total. The molecule has 1 amide bonds. The maximum atomic E-state index is 13.6. The van der Waals surface area contributed by atoms with Crippen molar-refractivity contribution in [3.05, 3.63) is 29.6 Å². The molecule has 1 aliphatic heterocycles. The number of para-hydroxylation sites is 1. The first-order chi connectivity index (χ1) is 9.09. The summed E-state index contributed by atoms with van der Waals surface area (Å²) in [5, 5.41) is 14.5. The van der Waals surface area contributed by atoms with E-state index in [1.54, 1.807) is 0 Å². The minimum atomic E-state index is -1.27. The minimum absolute atomic E-state index is 0.239. The monoisotopic (exact) mass is 266 g/mol. The largest absolute Gasteiger partial charge is 0.478 e. The van der Waals surface area contributed by atoms with Crippen LogP contribution in [0.4, 0.5) is 10.1 Å². The number of hydrogen-bond donors (Lipinski definition) is 3. The second-order valence-electron chi connectivity index (χ2n) is 4.50. The van der Waals surface area contributed by atoms with Gasteiger partial charge in [0.05, 0.1) is 17.2 Å². The van der Waals surface area contributed by atoms with Crippen molar-refractivity contribution in [3.8, 4) is 0 Å². The number of hydrogen-bond acceptors (Lipinski definition) is 3. The number of nitrogens with one attached hydrogen (secondary N) is 2. The smallest absolute Gasteiger partial charge is 0.337 e. The third-order valence-corrected chi connectivity index (χ3v) is 3.16. The Balaban J connectivity index is 2.18. The molecule has 1 aromatic carbocycles. The third-order valence-electron chi connectivity index (χ3n) is 3.16. The topological polar surface area (TPSA) is 78.4 Å². The van der Waals surface area contributed by atoms with E-state index in [-0.39, 0.29) is 23.1 Å². The van der Waals surface area contributed by atoms with Gasteiger partial charge in [-0.25, -0.2) is 9.18 Å². The van der Waals surface area contributed by atoms with Gasteiger partial charge in [0, 0.05) is 6.54 Å². The zero-order valence-electron chi connectivity index (χ0n) is 10.3. The zero-order valence-corrected chi connectivity index (χ0v) is 10.3. The van der Waals surface area contributed by atoms with Gasteiger partial charge in [-0.15, -0.1) is 0 Å². The van der Waals surface area contributed by atoms with Gasteiger partial charge in [0.1, 0.15) is 5.82 Å². The first-order valence-corrected chi connectivity index (χ1v) is 6.13. The van der Waals surface area contributed by atoms with Crippen LogP contribution in [0.3, 0.4) is 0 Å². The number of aromatic carboxylic acids is 1. The van der Waals surface area contributed by atoms with E-state index in [2.05, 4.69) is 10.6 Å². The summed E-state index contributed by atoms with van der Waals surface area (Å²) in [5.74, 6) is -2.61. The molecule has 1 aromatic rings. The second-order valence-corrected chi connectivity index (χ2v) is 4.50. The van der Waals surface area contributed by atoms with Crippen LogP contribution in [0.15, 0.2) is 18.2 Å². The predicted octanol–water partition coefficient (Wildman–Crippen LogP) is 1.46. The summed E-state index contributed by atoms with van der Waals surface area (Å²) in [6.45, 7) is 1.40. The number of carboxylic acids is 1. The lowest BCUT2D eigenvalue weighted by atomic mass is 9.98. The molecule has 5 nitrogen and oxygen atoms in total. The number of piperidine rings is 1. The van der Waals surface area contributed by atoms with Crippen LogP contribution in [0, 0.1) is 11.7 Å². The van der Waals surface area contributed by atoms with Crippen LogP contribution in [-0.4, -0.2) is 30.1 Å². The highest BCUT2D eigenvalue weighted by Gasteiger charge is 2.23. The molecule has 1 fully saturated rings. The number of amides is 1. The van der Waals surface area contributed by atoms with Gasteiger partial charge in [0.2, 0.25) is 5.91 Å². The quantitative estimate of drug-likeness (QED) is 0.774. The number of carbonyl (C=O) groups is 2. The van der Waals surface area contributed by atoms with Gasteiger partial charge < -0.3 is 15.7 Å². The van der Waals surface area contributed by atoms with Gasteiger partial charge in [-0.2, -0.15) is 0 Å². The maximum Gasteiger partial charge on any atom is 0.337 e. The summed E-state index contributed by atoms with van der Waals surface area (Å²) in [6.07, 6.45) is 1.59. The van der Waals surface area contributed by atoms with Crippen LogP contribution in [0.25, 0.3) is 0 Å². The van der Waals surface area contributed by atoms with E-state index in [0.717, 1.165) is 25.5 Å². The summed E-state index contributed by atoms with van der Waals surface area (Å²) in [4.78, 5) is 23.0. The van der Waals surface area contributed by atoms with E-state index in [1.165, 1.54) is 12.1 Å². The lowest BCUT2D eigenvalue weighted by molar-refractivity contribution is -0.120. The first kappa shape index (κ1) is 13.5. The molecule has 0 radical (unpaired) electrons. The normalized spacial score (nSPS) is 18.9. The van der Waals surface area contributed by atoms with Gasteiger partial charge in [-0.1, -0.05) is 6.07 Å². The number of benzene rings is 1. The van der Waals surface area contributed by atoms with E-state index in [9.17, 15) is 14.0 Å². The van der Waals surface area contributed by atoms with Gasteiger partial charge in [0.15, 0.2) is 0 Å². The average Bonchev–Trinajstić information content (AvgIpc) is 2.41. The molecule has 0 unspecified atom stereocenters. The van der Waals surface area contributed by atoms with Crippen molar-refractivity contribution < 1.29 is 19.1 Å². The maximum absolute atomic E-state index is 13.6. The Morgan fingerprint density at radius 2 is 2.21 bits per heavy atom. The van der Waals surface area contributed by atoms with Crippen LogP contribution >= 0.6 is 0 Å². The Hall–Kier alpha value is -1.95. The van der Waals surface area contributed by atoms with Crippen LogP contribution in [0.5, 0.6) is 0 Å². The fourth-order valence-corrected chi connectivity index (χ4v) is 2.13. The standard InChI is InChI=1S/C13H15FN2O3/c14-10-5-1-4-9(13(18)19)11(10)16-12(17)8-3-2-6-15-7-8/h1,4-5,8,15H,2-3,6-7H2,(H,16,17)(H,18,19)/t8-/m0/s1. The SMILES string of the molecule is O=C(O)c1cccc(F)c1NC(=O)[C@H]1CCCNC1. The Morgan fingerprint density at radius 3 is 2.84 bits per heavy atom. The fraction of sp³-hybridized carbons (Fsp3) is 0.385. The Kier molecular flexibility index (Phi) is 4.11. The molecule has 0 spiro atoms. The van der Waals surface area contributed by atoms with Crippen molar-refractivity contribution in [3.63, 3.8) is 0 Å².